The van der Waals surface area contributed by atoms with E-state index in [9.17, 15) is 0 Å². The summed E-state index contributed by atoms with van der Waals surface area (Å²) in [6, 6.07) is 4.85. The maximum atomic E-state index is 5.42. The van der Waals surface area contributed by atoms with Gasteiger partial charge in [-0.2, -0.15) is 0 Å². The summed E-state index contributed by atoms with van der Waals surface area (Å²) in [5.41, 5.74) is 0. The molecule has 4 heteroatoms. The van der Waals surface area contributed by atoms with E-state index in [1.807, 2.05) is 6.07 Å². The van der Waals surface area contributed by atoms with Gasteiger partial charge in [-0.05, 0) is 25.0 Å². The minimum absolute atomic E-state index is 0.806. The third-order valence-corrected chi connectivity index (χ3v) is 4.18. The van der Waals surface area contributed by atoms with E-state index >= 15 is 0 Å². The topological polar surface area (TPSA) is 31.7 Å². The Morgan fingerprint density at radius 1 is 1.17 bits per heavy atom. The van der Waals surface area contributed by atoms with Crippen LogP contribution in [-0.4, -0.2) is 55.1 Å². The van der Waals surface area contributed by atoms with Crippen molar-refractivity contribution in [3.05, 3.63) is 24.2 Å². The molecule has 2 saturated heterocycles. The summed E-state index contributed by atoms with van der Waals surface area (Å²) in [4.78, 5) is 5.18. The second-order valence-electron chi connectivity index (χ2n) is 5.37. The van der Waals surface area contributed by atoms with Crippen LogP contribution in [0.2, 0.25) is 0 Å². The van der Waals surface area contributed by atoms with Gasteiger partial charge in [-0.25, -0.2) is 0 Å². The van der Waals surface area contributed by atoms with Gasteiger partial charge in [0.15, 0.2) is 0 Å². The molecule has 1 aromatic heterocycles. The zero-order valence-corrected chi connectivity index (χ0v) is 11.0. The average Bonchev–Trinajstić information content (AvgIpc) is 2.94. The average molecular weight is 249 g/mol. The fraction of sp³-hybridized carbons (Fsp3) is 0.714. The molecule has 0 unspecified atom stereocenters. The van der Waals surface area contributed by atoms with Crippen LogP contribution in [0.1, 0.15) is 18.6 Å². The highest BCUT2D eigenvalue weighted by Gasteiger charge is 2.25. The van der Waals surface area contributed by atoms with Gasteiger partial charge in [0.25, 0.3) is 0 Å². The fourth-order valence-corrected chi connectivity index (χ4v) is 3.11. The molecule has 1 aromatic rings. The smallest absolute Gasteiger partial charge is 0.117 e. The summed E-state index contributed by atoms with van der Waals surface area (Å²) in [6.45, 7) is 8.15. The molecule has 0 radical (unpaired) electrons. The Morgan fingerprint density at radius 2 is 1.94 bits per heavy atom. The zero-order chi connectivity index (χ0) is 12.2. The van der Waals surface area contributed by atoms with Crippen LogP contribution >= 0.6 is 0 Å². The lowest BCUT2D eigenvalue weighted by Crippen LogP contribution is -2.51. The van der Waals surface area contributed by atoms with E-state index in [0.29, 0.717) is 0 Å². The largest absolute Gasteiger partial charge is 0.468 e. The van der Waals surface area contributed by atoms with Crippen LogP contribution in [-0.2, 0) is 6.54 Å². The zero-order valence-electron chi connectivity index (χ0n) is 11.0. The first-order valence-corrected chi connectivity index (χ1v) is 7.11. The Morgan fingerprint density at radius 3 is 2.61 bits per heavy atom. The molecule has 2 aliphatic rings. The van der Waals surface area contributed by atoms with Crippen LogP contribution in [0.5, 0.6) is 0 Å². The van der Waals surface area contributed by atoms with E-state index in [2.05, 4.69) is 21.2 Å². The monoisotopic (exact) mass is 249 g/mol. The minimum atomic E-state index is 0.806. The normalized spacial score (nSPS) is 24.4. The van der Waals surface area contributed by atoms with Gasteiger partial charge < -0.3 is 9.73 Å². The second-order valence-corrected chi connectivity index (χ2v) is 5.37. The summed E-state index contributed by atoms with van der Waals surface area (Å²) in [5.74, 6) is 1.09. The molecule has 0 bridgehead atoms. The molecule has 0 spiro atoms. The van der Waals surface area contributed by atoms with Crippen molar-refractivity contribution in [2.75, 3.05) is 39.3 Å². The summed E-state index contributed by atoms with van der Waals surface area (Å²) in [6.07, 6.45) is 4.38. The summed E-state index contributed by atoms with van der Waals surface area (Å²) in [7, 11) is 0. The number of piperazine rings is 1. The van der Waals surface area contributed by atoms with Crippen LogP contribution in [0.25, 0.3) is 0 Å². The number of hydrogen-bond donors (Lipinski definition) is 1. The molecule has 4 nitrogen and oxygen atoms in total. The molecule has 0 aliphatic carbocycles. The number of nitrogens with one attached hydrogen (secondary N) is 1. The first-order chi connectivity index (χ1) is 8.92. The van der Waals surface area contributed by atoms with Crippen molar-refractivity contribution in [3.8, 4) is 0 Å². The van der Waals surface area contributed by atoms with Crippen molar-refractivity contribution in [1.82, 2.24) is 15.1 Å². The molecule has 0 atom stereocenters. The van der Waals surface area contributed by atoms with Crippen LogP contribution in [0.4, 0.5) is 0 Å². The van der Waals surface area contributed by atoms with Crippen LogP contribution in [0.3, 0.4) is 0 Å². The predicted octanol–water partition coefficient (Wildman–Crippen LogP) is 1.15. The van der Waals surface area contributed by atoms with Gasteiger partial charge in [-0.3, -0.25) is 9.80 Å². The Bertz CT molecular complexity index is 338. The maximum absolute atomic E-state index is 5.42. The SMILES string of the molecule is c1coc(CN2CCC(N3CCNCC3)CC2)c1. The highest BCUT2D eigenvalue weighted by atomic mass is 16.3. The van der Waals surface area contributed by atoms with Gasteiger partial charge in [-0.15, -0.1) is 0 Å². The maximum Gasteiger partial charge on any atom is 0.117 e. The number of hydrogen-bond acceptors (Lipinski definition) is 4. The van der Waals surface area contributed by atoms with Crippen LogP contribution in [0.15, 0.2) is 22.8 Å². The van der Waals surface area contributed by atoms with Gasteiger partial charge in [0.2, 0.25) is 0 Å². The standard InChI is InChI=1S/C14H23N3O/c1-2-14(18-11-1)12-16-7-3-13(4-8-16)17-9-5-15-6-10-17/h1-2,11,13,15H,3-10,12H2. The molecule has 18 heavy (non-hydrogen) atoms. The van der Waals surface area contributed by atoms with Crippen LogP contribution in [0, 0.1) is 0 Å². The molecule has 0 aromatic carbocycles. The lowest BCUT2D eigenvalue weighted by Gasteiger charge is -2.40. The van der Waals surface area contributed by atoms with E-state index in [1.54, 1.807) is 6.26 Å². The molecule has 3 rings (SSSR count). The van der Waals surface area contributed by atoms with Crippen molar-refractivity contribution in [3.63, 3.8) is 0 Å². The number of furan rings is 1. The van der Waals surface area contributed by atoms with Crippen molar-refractivity contribution in [2.24, 2.45) is 0 Å². The molecule has 100 valence electrons. The first kappa shape index (κ1) is 12.2. The third kappa shape index (κ3) is 2.94. The summed E-state index contributed by atoms with van der Waals surface area (Å²) in [5, 5.41) is 3.43. The Labute approximate surface area is 109 Å². The number of likely N-dealkylation sites (tertiary alicyclic amines) is 1. The van der Waals surface area contributed by atoms with E-state index in [-0.39, 0.29) is 0 Å². The minimum Gasteiger partial charge on any atom is -0.468 e. The predicted molar refractivity (Wildman–Crippen MR) is 71.4 cm³/mol. The van der Waals surface area contributed by atoms with Crippen molar-refractivity contribution in [1.29, 1.82) is 0 Å². The van der Waals surface area contributed by atoms with E-state index in [1.165, 1.54) is 39.0 Å². The summed E-state index contributed by atoms with van der Waals surface area (Å²) >= 11 is 0. The number of rotatable bonds is 3. The van der Waals surface area contributed by atoms with Gasteiger partial charge in [-0.1, -0.05) is 0 Å². The molecular weight excluding hydrogens is 226 g/mol. The van der Waals surface area contributed by atoms with E-state index in [0.717, 1.165) is 31.4 Å². The molecule has 0 amide bonds. The van der Waals surface area contributed by atoms with Gasteiger partial charge in [0, 0.05) is 45.3 Å². The van der Waals surface area contributed by atoms with Gasteiger partial charge in [0.1, 0.15) is 5.76 Å². The second kappa shape index (κ2) is 5.87. The number of piperidine rings is 1. The summed E-state index contributed by atoms with van der Waals surface area (Å²) < 4.78 is 5.42. The van der Waals surface area contributed by atoms with E-state index in [4.69, 9.17) is 4.42 Å². The molecule has 2 fully saturated rings. The third-order valence-electron chi connectivity index (χ3n) is 4.18. The van der Waals surface area contributed by atoms with Crippen molar-refractivity contribution >= 4 is 0 Å². The Hall–Kier alpha value is -0.840. The lowest BCUT2D eigenvalue weighted by molar-refractivity contribution is 0.0915. The number of nitrogens with zero attached hydrogens (tertiary/aromatic N) is 2. The van der Waals surface area contributed by atoms with Crippen molar-refractivity contribution < 1.29 is 4.42 Å². The molecule has 0 saturated carbocycles. The molecule has 2 aliphatic heterocycles. The molecular formula is C14H23N3O. The highest BCUT2D eigenvalue weighted by molar-refractivity contribution is 4.98. The fourth-order valence-electron chi connectivity index (χ4n) is 3.11. The highest BCUT2D eigenvalue weighted by Crippen LogP contribution is 2.18. The lowest BCUT2D eigenvalue weighted by atomic mass is 10.0. The van der Waals surface area contributed by atoms with Gasteiger partial charge in [0.05, 0.1) is 12.8 Å². The van der Waals surface area contributed by atoms with Crippen LogP contribution < -0.4 is 5.32 Å². The molecule has 3 heterocycles. The molecule has 1 N–H and O–H groups in total. The van der Waals surface area contributed by atoms with Gasteiger partial charge >= 0.3 is 0 Å². The van der Waals surface area contributed by atoms with E-state index < -0.39 is 0 Å². The quantitative estimate of drug-likeness (QED) is 0.871. The van der Waals surface area contributed by atoms with Crippen molar-refractivity contribution in [2.45, 2.75) is 25.4 Å². The Balaban J connectivity index is 1.45. The first-order valence-electron chi connectivity index (χ1n) is 7.11. The Kier molecular flexibility index (Phi) is 3.98.